The first-order valence-corrected chi connectivity index (χ1v) is 14.2. The third-order valence-electron chi connectivity index (χ3n) is 4.69. The molecule has 0 bridgehead atoms. The molecule has 0 saturated heterocycles. The van der Waals surface area contributed by atoms with E-state index in [0.717, 1.165) is 21.8 Å². The summed E-state index contributed by atoms with van der Waals surface area (Å²) in [6, 6.07) is 12.8. The third kappa shape index (κ3) is 7.83. The minimum atomic E-state index is -3.41. The molecule has 0 aliphatic carbocycles. The molecule has 6 nitrogen and oxygen atoms in total. The van der Waals surface area contributed by atoms with Gasteiger partial charge in [0.05, 0.1) is 9.60 Å². The summed E-state index contributed by atoms with van der Waals surface area (Å²) >= 11 is 8.96. The van der Waals surface area contributed by atoms with Crippen LogP contribution < -0.4 is 4.90 Å². The van der Waals surface area contributed by atoms with Gasteiger partial charge in [0, 0.05) is 35.7 Å². The Kier molecular flexibility index (Phi) is 10.5. The molecule has 3 aromatic rings. The highest BCUT2D eigenvalue weighted by Crippen LogP contribution is 2.33. The number of carbonyl (C=O) groups is 1. The predicted octanol–water partition coefficient (Wildman–Crippen LogP) is 5.24. The summed E-state index contributed by atoms with van der Waals surface area (Å²) in [7, 11) is 0.487. The lowest BCUT2D eigenvalue weighted by Crippen LogP contribution is -2.36. The highest BCUT2D eigenvalue weighted by Gasteiger charge is 2.22. The number of para-hydroxylation sites is 1. The zero-order chi connectivity index (χ0) is 23.3. The Morgan fingerprint density at radius 3 is 2.45 bits per heavy atom. The number of aromatic nitrogens is 1. The van der Waals surface area contributed by atoms with Crippen molar-refractivity contribution in [3.05, 3.63) is 47.5 Å². The molecule has 0 spiro atoms. The van der Waals surface area contributed by atoms with Crippen LogP contribution in [-0.4, -0.2) is 63.4 Å². The van der Waals surface area contributed by atoms with Gasteiger partial charge in [0.2, 0.25) is 5.91 Å². The number of nitrogens with zero attached hydrogens (tertiary/aromatic N) is 3. The van der Waals surface area contributed by atoms with E-state index in [1.807, 2.05) is 49.3 Å². The second-order valence-corrected chi connectivity index (χ2v) is 12.2. The maximum Gasteiger partial charge on any atom is 0.228 e. The summed E-state index contributed by atoms with van der Waals surface area (Å²) < 4.78 is 25.1. The summed E-state index contributed by atoms with van der Waals surface area (Å²) in [5.41, 5.74) is 0.427. The van der Waals surface area contributed by atoms with Crippen molar-refractivity contribution in [3.8, 4) is 0 Å². The van der Waals surface area contributed by atoms with Gasteiger partial charge in [-0.3, -0.25) is 9.69 Å². The summed E-state index contributed by atoms with van der Waals surface area (Å²) in [6.07, 6.45) is 2.29. The fourth-order valence-electron chi connectivity index (χ4n) is 3.03. The number of carbonyl (C=O) groups excluding carboxylic acids is 1. The van der Waals surface area contributed by atoms with Crippen LogP contribution in [0.5, 0.6) is 0 Å². The molecule has 180 valence electrons. The number of sulfone groups is 1. The van der Waals surface area contributed by atoms with E-state index in [-0.39, 0.29) is 23.2 Å². The van der Waals surface area contributed by atoms with Crippen LogP contribution in [0.1, 0.15) is 12.8 Å². The monoisotopic (exact) mass is 547 g/mol. The van der Waals surface area contributed by atoms with Crippen molar-refractivity contribution in [2.45, 2.75) is 22.6 Å². The molecule has 0 unspecified atom stereocenters. The first kappa shape index (κ1) is 27.9. The second kappa shape index (κ2) is 12.4. The van der Waals surface area contributed by atoms with E-state index >= 15 is 0 Å². The van der Waals surface area contributed by atoms with Gasteiger partial charge in [0.1, 0.15) is 5.52 Å². The van der Waals surface area contributed by atoms with Crippen molar-refractivity contribution in [2.75, 3.05) is 44.1 Å². The lowest BCUT2D eigenvalue weighted by Gasteiger charge is -2.22. The van der Waals surface area contributed by atoms with E-state index in [1.165, 1.54) is 17.6 Å². The summed E-state index contributed by atoms with van der Waals surface area (Å²) in [6.45, 7) is 1.17. The number of thiazole rings is 1. The lowest BCUT2D eigenvalue weighted by molar-refractivity contribution is -0.118. The number of thioether (sulfide) groups is 1. The van der Waals surface area contributed by atoms with E-state index in [0.29, 0.717) is 35.2 Å². The summed E-state index contributed by atoms with van der Waals surface area (Å²) in [5, 5.41) is 1.24. The molecule has 11 heteroatoms. The third-order valence-corrected chi connectivity index (χ3v) is 8.21. The van der Waals surface area contributed by atoms with Crippen LogP contribution in [0.3, 0.4) is 0 Å². The maximum atomic E-state index is 13.1. The van der Waals surface area contributed by atoms with E-state index in [2.05, 4.69) is 4.98 Å². The van der Waals surface area contributed by atoms with Crippen molar-refractivity contribution >= 4 is 78.2 Å². The molecule has 1 heterocycles. The topological polar surface area (TPSA) is 70.6 Å². The Morgan fingerprint density at radius 2 is 1.82 bits per heavy atom. The number of likely N-dealkylation sites (N-methyl/N-ethyl adjacent to an activating group) is 1. The SMILES string of the molecule is CN(C)CCN(C(=O)CCCSc1ccc(Cl)cc1)c1nc2c(S(C)(=O)=O)cccc2s1.Cl. The predicted molar refractivity (Wildman–Crippen MR) is 142 cm³/mol. The van der Waals surface area contributed by atoms with Crippen molar-refractivity contribution in [2.24, 2.45) is 0 Å². The van der Waals surface area contributed by atoms with Gasteiger partial charge in [-0.05, 0) is 62.7 Å². The molecular formula is C22H27Cl2N3O3S3. The van der Waals surface area contributed by atoms with Gasteiger partial charge in [0.15, 0.2) is 15.0 Å². The molecule has 0 atom stereocenters. The second-order valence-electron chi connectivity index (χ2n) is 7.63. The van der Waals surface area contributed by atoms with Gasteiger partial charge in [-0.25, -0.2) is 13.4 Å². The van der Waals surface area contributed by atoms with E-state index < -0.39 is 9.84 Å². The molecule has 0 saturated carbocycles. The highest BCUT2D eigenvalue weighted by molar-refractivity contribution is 7.99. The molecule has 2 aromatic carbocycles. The summed E-state index contributed by atoms with van der Waals surface area (Å²) in [4.78, 5) is 22.7. The van der Waals surface area contributed by atoms with Crippen molar-refractivity contribution < 1.29 is 13.2 Å². The number of anilines is 1. The lowest BCUT2D eigenvalue weighted by atomic mass is 10.3. The highest BCUT2D eigenvalue weighted by atomic mass is 35.5. The first-order chi connectivity index (χ1) is 15.1. The van der Waals surface area contributed by atoms with Crippen LogP contribution in [0.2, 0.25) is 5.02 Å². The Hall–Kier alpha value is -1.36. The van der Waals surface area contributed by atoms with Gasteiger partial charge in [-0.2, -0.15) is 0 Å². The van der Waals surface area contributed by atoms with Gasteiger partial charge in [-0.1, -0.05) is 29.0 Å². The van der Waals surface area contributed by atoms with Crippen LogP contribution in [-0.2, 0) is 14.6 Å². The molecule has 1 aromatic heterocycles. The van der Waals surface area contributed by atoms with Crippen LogP contribution in [0.25, 0.3) is 10.2 Å². The number of amides is 1. The molecule has 3 rings (SSSR count). The number of benzene rings is 2. The standard InChI is InChI=1S/C22H26ClN3O3S3.ClH/c1-25(2)13-14-26(20(27)8-5-15-30-17-11-9-16(23)10-12-17)22-24-21-18(31-22)6-4-7-19(21)32(3,28)29;/h4,6-7,9-12H,5,8,13-15H2,1-3H3;1H. The Balaban J connectivity index is 0.00000385. The fourth-order valence-corrected chi connectivity index (χ4v) is 5.94. The molecule has 0 aliphatic heterocycles. The molecule has 0 radical (unpaired) electrons. The number of hydrogen-bond donors (Lipinski definition) is 0. The van der Waals surface area contributed by atoms with Crippen molar-refractivity contribution in [1.82, 2.24) is 9.88 Å². The Bertz CT molecular complexity index is 1180. The number of fused-ring (bicyclic) bond motifs is 1. The Morgan fingerprint density at radius 1 is 1.12 bits per heavy atom. The largest absolute Gasteiger partial charge is 0.308 e. The number of hydrogen-bond acceptors (Lipinski definition) is 7. The zero-order valence-corrected chi connectivity index (χ0v) is 22.7. The Labute approximate surface area is 214 Å². The van der Waals surface area contributed by atoms with Crippen LogP contribution >= 0.6 is 47.1 Å². The van der Waals surface area contributed by atoms with Gasteiger partial charge in [0.25, 0.3) is 0 Å². The van der Waals surface area contributed by atoms with Crippen molar-refractivity contribution in [1.29, 1.82) is 0 Å². The summed E-state index contributed by atoms with van der Waals surface area (Å²) in [5.74, 6) is 0.802. The molecule has 1 amide bonds. The normalized spacial score (nSPS) is 11.5. The van der Waals surface area contributed by atoms with Crippen LogP contribution in [0.15, 0.2) is 52.3 Å². The molecule has 0 N–H and O–H groups in total. The van der Waals surface area contributed by atoms with E-state index in [1.54, 1.807) is 28.8 Å². The van der Waals surface area contributed by atoms with Gasteiger partial charge in [-0.15, -0.1) is 24.2 Å². The van der Waals surface area contributed by atoms with Gasteiger partial charge < -0.3 is 4.90 Å². The average molecular weight is 549 g/mol. The fraction of sp³-hybridized carbons (Fsp3) is 0.364. The molecule has 0 aliphatic rings. The van der Waals surface area contributed by atoms with Crippen LogP contribution in [0, 0.1) is 0 Å². The maximum absolute atomic E-state index is 13.1. The quantitative estimate of drug-likeness (QED) is 0.255. The number of halogens is 2. The molecule has 33 heavy (non-hydrogen) atoms. The van der Waals surface area contributed by atoms with E-state index in [4.69, 9.17) is 11.6 Å². The number of rotatable bonds is 10. The van der Waals surface area contributed by atoms with Gasteiger partial charge >= 0.3 is 0 Å². The minimum Gasteiger partial charge on any atom is -0.308 e. The van der Waals surface area contributed by atoms with Crippen LogP contribution in [0.4, 0.5) is 5.13 Å². The molecule has 0 fully saturated rings. The average Bonchev–Trinajstić information content (AvgIpc) is 3.15. The molecular weight excluding hydrogens is 521 g/mol. The first-order valence-electron chi connectivity index (χ1n) is 10.1. The van der Waals surface area contributed by atoms with Crippen molar-refractivity contribution in [3.63, 3.8) is 0 Å². The minimum absolute atomic E-state index is 0. The van der Waals surface area contributed by atoms with E-state index in [9.17, 15) is 13.2 Å². The zero-order valence-electron chi connectivity index (χ0n) is 18.7. The smallest absolute Gasteiger partial charge is 0.228 e.